The normalized spacial score (nSPS) is 14.6. The Kier molecular flexibility index (Phi) is 6.72. The molecule has 0 rings (SSSR count). The van der Waals surface area contributed by atoms with Crippen molar-refractivity contribution in [1.29, 1.82) is 0 Å². The third kappa shape index (κ3) is 5.70. The van der Waals surface area contributed by atoms with Crippen LogP contribution >= 0.6 is 0 Å². The van der Waals surface area contributed by atoms with Crippen molar-refractivity contribution >= 4 is 11.9 Å². The van der Waals surface area contributed by atoms with Gasteiger partial charge in [-0.25, -0.2) is 0 Å². The second-order valence-corrected chi connectivity index (χ2v) is 4.05. The third-order valence-electron chi connectivity index (χ3n) is 2.04. The number of hydrogen-bond donors (Lipinski definition) is 2. The number of nitrogens with one attached hydrogen (secondary N) is 1. The smallest absolute Gasteiger partial charge is 0.323 e. The number of esters is 1. The minimum atomic E-state index is -0.974. The van der Waals surface area contributed by atoms with Gasteiger partial charge < -0.3 is 9.84 Å². The number of rotatable bonds is 7. The quantitative estimate of drug-likeness (QED) is 0.643. The summed E-state index contributed by atoms with van der Waals surface area (Å²) < 4.78 is 5.05. The van der Waals surface area contributed by atoms with E-state index >= 15 is 0 Å². The van der Waals surface area contributed by atoms with Crippen molar-refractivity contribution < 1.29 is 19.4 Å². The highest BCUT2D eigenvalue weighted by atomic mass is 16.5. The minimum Gasteiger partial charge on any atom is -0.480 e. The van der Waals surface area contributed by atoms with Crippen molar-refractivity contribution in [3.05, 3.63) is 0 Å². The predicted octanol–water partition coefficient (Wildman–Crippen LogP) is 1.17. The van der Waals surface area contributed by atoms with Gasteiger partial charge in [-0.05, 0) is 27.2 Å². The summed E-state index contributed by atoms with van der Waals surface area (Å²) in [6.45, 7) is 6.97. The fourth-order valence-electron chi connectivity index (χ4n) is 1.25. The van der Waals surface area contributed by atoms with Gasteiger partial charge >= 0.3 is 11.9 Å². The minimum absolute atomic E-state index is 0.186. The summed E-state index contributed by atoms with van der Waals surface area (Å²) in [5.74, 6) is -1.36. The van der Waals surface area contributed by atoms with Crippen LogP contribution in [-0.4, -0.2) is 35.2 Å². The van der Waals surface area contributed by atoms with E-state index in [1.165, 1.54) is 6.92 Å². The first-order valence-electron chi connectivity index (χ1n) is 5.57. The molecular formula is C11H21NO4. The van der Waals surface area contributed by atoms with Gasteiger partial charge in [0.2, 0.25) is 0 Å². The van der Waals surface area contributed by atoms with Crippen molar-refractivity contribution in [3.8, 4) is 0 Å². The molecule has 0 amide bonds. The lowest BCUT2D eigenvalue weighted by molar-refractivity contribution is -0.151. The molecule has 0 radical (unpaired) electrons. The van der Waals surface area contributed by atoms with E-state index in [-0.39, 0.29) is 12.1 Å². The van der Waals surface area contributed by atoms with Crippen LogP contribution in [0.4, 0.5) is 0 Å². The van der Waals surface area contributed by atoms with E-state index in [0.717, 1.165) is 6.42 Å². The molecule has 5 heteroatoms. The Morgan fingerprint density at radius 3 is 2.25 bits per heavy atom. The molecule has 0 aliphatic carbocycles. The van der Waals surface area contributed by atoms with E-state index in [1.54, 1.807) is 13.8 Å². The summed E-state index contributed by atoms with van der Waals surface area (Å²) in [5.41, 5.74) is 0. The predicted molar refractivity (Wildman–Crippen MR) is 60.2 cm³/mol. The molecule has 0 saturated carbocycles. The molecule has 0 bridgehead atoms. The van der Waals surface area contributed by atoms with Gasteiger partial charge in [-0.15, -0.1) is 0 Å². The zero-order chi connectivity index (χ0) is 12.7. The van der Waals surface area contributed by atoms with Crippen LogP contribution < -0.4 is 5.32 Å². The Labute approximate surface area is 96.2 Å². The molecule has 0 aliphatic rings. The summed E-state index contributed by atoms with van der Waals surface area (Å²) >= 11 is 0. The number of carboxylic acids is 1. The number of ether oxygens (including phenoxy) is 1. The molecule has 0 unspecified atom stereocenters. The van der Waals surface area contributed by atoms with Crippen LogP contribution in [0.1, 0.15) is 40.5 Å². The van der Waals surface area contributed by atoms with Gasteiger partial charge in [0.05, 0.1) is 6.10 Å². The summed E-state index contributed by atoms with van der Waals surface area (Å²) in [5, 5.41) is 11.5. The fourth-order valence-corrected chi connectivity index (χ4v) is 1.25. The number of carbonyl (C=O) groups is 2. The summed E-state index contributed by atoms with van der Waals surface area (Å²) in [7, 11) is 0. The number of carbonyl (C=O) groups excluding carboxylic acids is 1. The van der Waals surface area contributed by atoms with E-state index in [1.807, 2.05) is 6.92 Å². The maximum atomic E-state index is 11.6. The highest BCUT2D eigenvalue weighted by molar-refractivity contribution is 5.78. The second-order valence-electron chi connectivity index (χ2n) is 4.05. The van der Waals surface area contributed by atoms with Crippen LogP contribution in [0.3, 0.4) is 0 Å². The Balaban J connectivity index is 4.36. The van der Waals surface area contributed by atoms with Crippen LogP contribution in [0, 0.1) is 0 Å². The number of hydrogen-bond acceptors (Lipinski definition) is 4. The average Bonchev–Trinajstić information content (AvgIpc) is 2.15. The Hall–Kier alpha value is -1.10. The molecule has 0 heterocycles. The maximum Gasteiger partial charge on any atom is 0.323 e. The molecule has 5 nitrogen and oxygen atoms in total. The molecule has 0 saturated heterocycles. The molecule has 94 valence electrons. The van der Waals surface area contributed by atoms with Gasteiger partial charge in [0, 0.05) is 0 Å². The first-order chi connectivity index (χ1) is 7.38. The Bertz CT molecular complexity index is 240. The largest absolute Gasteiger partial charge is 0.480 e. The molecule has 0 aliphatic heterocycles. The standard InChI is InChI=1S/C11H21NO4/c1-5-6-9(11(15)16-7(2)3)12-8(4)10(13)14/h7-9,12H,5-6H2,1-4H3,(H,13,14)/t8-,9-/m0/s1. The van der Waals surface area contributed by atoms with Crippen LogP contribution in [0.15, 0.2) is 0 Å². The number of carboxylic acid groups (broad SMARTS) is 1. The second kappa shape index (κ2) is 7.22. The van der Waals surface area contributed by atoms with Gasteiger partial charge in [-0.1, -0.05) is 13.3 Å². The van der Waals surface area contributed by atoms with Crippen molar-refractivity contribution in [3.63, 3.8) is 0 Å². The van der Waals surface area contributed by atoms with Crippen molar-refractivity contribution in [2.75, 3.05) is 0 Å². The monoisotopic (exact) mass is 231 g/mol. The van der Waals surface area contributed by atoms with Crippen molar-refractivity contribution in [1.82, 2.24) is 5.32 Å². The molecule has 2 N–H and O–H groups in total. The molecule has 0 aromatic carbocycles. The van der Waals surface area contributed by atoms with Crippen LogP contribution in [0.5, 0.6) is 0 Å². The van der Waals surface area contributed by atoms with Crippen LogP contribution in [0.2, 0.25) is 0 Å². The van der Waals surface area contributed by atoms with Gasteiger partial charge in [0.1, 0.15) is 12.1 Å². The molecule has 0 aromatic heterocycles. The third-order valence-corrected chi connectivity index (χ3v) is 2.04. The van der Waals surface area contributed by atoms with Crippen molar-refractivity contribution in [2.45, 2.75) is 58.7 Å². The SMILES string of the molecule is CCC[C@H](N[C@@H](C)C(=O)O)C(=O)OC(C)C. The van der Waals surface area contributed by atoms with E-state index in [9.17, 15) is 9.59 Å². The first-order valence-corrected chi connectivity index (χ1v) is 5.57. The summed E-state index contributed by atoms with van der Waals surface area (Å²) in [6, 6.07) is -1.30. The molecule has 2 atom stereocenters. The van der Waals surface area contributed by atoms with Gasteiger partial charge in [0.25, 0.3) is 0 Å². The Morgan fingerprint density at radius 1 is 1.31 bits per heavy atom. The number of aliphatic carboxylic acids is 1. The fraction of sp³-hybridized carbons (Fsp3) is 0.818. The summed E-state index contributed by atoms with van der Waals surface area (Å²) in [4.78, 5) is 22.3. The van der Waals surface area contributed by atoms with E-state index in [0.29, 0.717) is 6.42 Å². The highest BCUT2D eigenvalue weighted by Gasteiger charge is 2.24. The first kappa shape index (κ1) is 14.9. The van der Waals surface area contributed by atoms with Crippen LogP contribution in [0.25, 0.3) is 0 Å². The molecule has 0 aromatic rings. The van der Waals surface area contributed by atoms with Gasteiger partial charge in [0.15, 0.2) is 0 Å². The van der Waals surface area contributed by atoms with Gasteiger partial charge in [-0.3, -0.25) is 14.9 Å². The lowest BCUT2D eigenvalue weighted by atomic mass is 10.1. The lowest BCUT2D eigenvalue weighted by Gasteiger charge is -2.20. The Morgan fingerprint density at radius 2 is 1.88 bits per heavy atom. The van der Waals surface area contributed by atoms with Crippen LogP contribution in [-0.2, 0) is 14.3 Å². The highest BCUT2D eigenvalue weighted by Crippen LogP contribution is 2.03. The zero-order valence-corrected chi connectivity index (χ0v) is 10.3. The lowest BCUT2D eigenvalue weighted by Crippen LogP contribution is -2.46. The van der Waals surface area contributed by atoms with E-state index < -0.39 is 18.1 Å². The molecule has 16 heavy (non-hydrogen) atoms. The van der Waals surface area contributed by atoms with Gasteiger partial charge in [-0.2, -0.15) is 0 Å². The van der Waals surface area contributed by atoms with E-state index in [4.69, 9.17) is 9.84 Å². The van der Waals surface area contributed by atoms with Crippen molar-refractivity contribution in [2.24, 2.45) is 0 Å². The average molecular weight is 231 g/mol. The molecular weight excluding hydrogens is 210 g/mol. The summed E-state index contributed by atoms with van der Waals surface area (Å²) in [6.07, 6.45) is 1.18. The maximum absolute atomic E-state index is 11.6. The van der Waals surface area contributed by atoms with E-state index in [2.05, 4.69) is 5.32 Å². The zero-order valence-electron chi connectivity index (χ0n) is 10.3. The molecule has 0 fully saturated rings. The topological polar surface area (TPSA) is 75.6 Å². The molecule has 0 spiro atoms.